The molecule has 8 heteroatoms. The lowest BCUT2D eigenvalue weighted by atomic mass is 10.1. The van der Waals surface area contributed by atoms with E-state index in [4.69, 9.17) is 14.2 Å². The minimum Gasteiger partial charge on any atom is -0.493 e. The average Bonchev–Trinajstić information content (AvgIpc) is 3.22. The zero-order valence-corrected chi connectivity index (χ0v) is 15.9. The van der Waals surface area contributed by atoms with Gasteiger partial charge in [-0.1, -0.05) is 0 Å². The molecule has 1 aromatic carbocycles. The number of ether oxygens (including phenoxy) is 3. The maximum Gasteiger partial charge on any atom is 0.272 e. The van der Waals surface area contributed by atoms with Crippen LogP contribution in [0, 0.1) is 0 Å². The van der Waals surface area contributed by atoms with Gasteiger partial charge in [0.25, 0.3) is 5.91 Å². The number of aromatic nitrogens is 2. The van der Waals surface area contributed by atoms with E-state index < -0.39 is 0 Å². The van der Waals surface area contributed by atoms with Crippen LogP contribution in [0.4, 0.5) is 0 Å². The Bertz CT molecular complexity index is 784. The monoisotopic (exact) mass is 374 g/mol. The number of benzene rings is 1. The summed E-state index contributed by atoms with van der Waals surface area (Å²) < 4.78 is 18.0. The molecule has 1 aliphatic heterocycles. The van der Waals surface area contributed by atoms with Crippen molar-refractivity contribution >= 4 is 5.91 Å². The molecular weight excluding hydrogens is 348 g/mol. The summed E-state index contributed by atoms with van der Waals surface area (Å²) in [6.07, 6.45) is 4.05. The van der Waals surface area contributed by atoms with E-state index in [0.29, 0.717) is 35.5 Å². The normalized spacial score (nSPS) is 16.6. The summed E-state index contributed by atoms with van der Waals surface area (Å²) in [6, 6.07) is 5.67. The molecule has 0 aliphatic carbocycles. The summed E-state index contributed by atoms with van der Waals surface area (Å²) in [7, 11) is 4.68. The van der Waals surface area contributed by atoms with Crippen LogP contribution in [0.25, 0.3) is 0 Å². The Labute approximate surface area is 158 Å². The Balaban J connectivity index is 1.68. The molecule has 2 heterocycles. The van der Waals surface area contributed by atoms with E-state index in [1.54, 1.807) is 33.5 Å². The molecule has 1 amide bonds. The van der Waals surface area contributed by atoms with Crippen LogP contribution in [-0.4, -0.2) is 50.1 Å². The van der Waals surface area contributed by atoms with Crippen LogP contribution in [0.2, 0.25) is 0 Å². The van der Waals surface area contributed by atoms with Crippen LogP contribution < -0.4 is 24.8 Å². The van der Waals surface area contributed by atoms with Gasteiger partial charge >= 0.3 is 0 Å². The first-order valence-corrected chi connectivity index (χ1v) is 8.99. The van der Waals surface area contributed by atoms with Gasteiger partial charge in [-0.05, 0) is 37.6 Å². The highest BCUT2D eigenvalue weighted by Crippen LogP contribution is 2.39. The lowest BCUT2D eigenvalue weighted by molar-refractivity contribution is 0.0944. The van der Waals surface area contributed by atoms with Gasteiger partial charge in [-0.15, -0.1) is 0 Å². The highest BCUT2D eigenvalue weighted by atomic mass is 16.5. The van der Waals surface area contributed by atoms with E-state index >= 15 is 0 Å². The molecule has 1 saturated heterocycles. The third-order valence-corrected chi connectivity index (χ3v) is 4.71. The van der Waals surface area contributed by atoms with Crippen molar-refractivity contribution in [1.82, 2.24) is 20.4 Å². The molecule has 27 heavy (non-hydrogen) atoms. The van der Waals surface area contributed by atoms with Crippen molar-refractivity contribution in [1.29, 1.82) is 0 Å². The zero-order valence-electron chi connectivity index (χ0n) is 15.9. The molecule has 1 aromatic heterocycles. The largest absolute Gasteiger partial charge is 0.493 e. The van der Waals surface area contributed by atoms with Crippen molar-refractivity contribution in [2.75, 3.05) is 34.4 Å². The molecule has 1 aliphatic rings. The first kappa shape index (κ1) is 19.0. The minimum absolute atomic E-state index is 0.227. The summed E-state index contributed by atoms with van der Waals surface area (Å²) >= 11 is 0. The van der Waals surface area contributed by atoms with E-state index in [1.807, 2.05) is 16.9 Å². The number of piperidine rings is 1. The van der Waals surface area contributed by atoms with Gasteiger partial charge in [-0.3, -0.25) is 9.48 Å². The number of nitrogens with zero attached hydrogens (tertiary/aromatic N) is 2. The molecule has 2 N–H and O–H groups in total. The molecule has 146 valence electrons. The third kappa shape index (κ3) is 4.16. The molecule has 1 fully saturated rings. The van der Waals surface area contributed by atoms with Crippen molar-refractivity contribution in [2.45, 2.75) is 25.4 Å². The molecule has 0 radical (unpaired) electrons. The number of carbonyl (C=O) groups is 1. The first-order chi connectivity index (χ1) is 13.2. The van der Waals surface area contributed by atoms with Crippen LogP contribution in [-0.2, 0) is 6.54 Å². The predicted octanol–water partition coefficient (Wildman–Crippen LogP) is 1.76. The third-order valence-electron chi connectivity index (χ3n) is 4.71. The number of nitrogens with one attached hydrogen (secondary N) is 2. The van der Waals surface area contributed by atoms with Gasteiger partial charge in [0.2, 0.25) is 5.75 Å². The van der Waals surface area contributed by atoms with Gasteiger partial charge in [0.1, 0.15) is 5.69 Å². The van der Waals surface area contributed by atoms with Gasteiger partial charge in [-0.2, -0.15) is 5.10 Å². The van der Waals surface area contributed by atoms with Crippen LogP contribution >= 0.6 is 0 Å². The predicted molar refractivity (Wildman–Crippen MR) is 101 cm³/mol. The number of methoxy groups -OCH3 is 3. The van der Waals surface area contributed by atoms with Crippen LogP contribution in [0.1, 0.15) is 34.9 Å². The molecule has 0 bridgehead atoms. The summed E-state index contributed by atoms with van der Waals surface area (Å²) in [4.78, 5) is 12.5. The minimum atomic E-state index is -0.227. The lowest BCUT2D eigenvalue weighted by Gasteiger charge is -2.22. The molecule has 1 atom stereocenters. The standard InChI is InChI=1S/C19H26N4O4/c1-25-16-7-6-13(17(26-2)18(16)27-3)11-21-19(24)15-8-10-23(22-15)14-5-4-9-20-12-14/h6-8,10,14,20H,4-5,9,11-12H2,1-3H3,(H,21,24). The Morgan fingerprint density at radius 2 is 2.04 bits per heavy atom. The Morgan fingerprint density at radius 3 is 2.70 bits per heavy atom. The Hall–Kier alpha value is -2.74. The van der Waals surface area contributed by atoms with E-state index in [-0.39, 0.29) is 5.91 Å². The summed E-state index contributed by atoms with van der Waals surface area (Å²) in [5.74, 6) is 1.38. The molecule has 8 nitrogen and oxygen atoms in total. The topological polar surface area (TPSA) is 86.6 Å². The maximum atomic E-state index is 12.5. The van der Waals surface area contributed by atoms with Crippen molar-refractivity contribution < 1.29 is 19.0 Å². The fourth-order valence-corrected chi connectivity index (χ4v) is 3.29. The van der Waals surface area contributed by atoms with Gasteiger partial charge in [0.05, 0.1) is 27.4 Å². The molecule has 2 aromatic rings. The van der Waals surface area contributed by atoms with Crippen LogP contribution in [0.15, 0.2) is 24.4 Å². The van der Waals surface area contributed by atoms with Crippen molar-refractivity contribution in [3.05, 3.63) is 35.7 Å². The van der Waals surface area contributed by atoms with Crippen molar-refractivity contribution in [3.63, 3.8) is 0 Å². The van der Waals surface area contributed by atoms with E-state index in [9.17, 15) is 4.79 Å². The number of rotatable bonds is 7. The highest BCUT2D eigenvalue weighted by Gasteiger charge is 2.19. The number of amides is 1. The van der Waals surface area contributed by atoms with Gasteiger partial charge in [-0.25, -0.2) is 0 Å². The number of hydrogen-bond donors (Lipinski definition) is 2. The van der Waals surface area contributed by atoms with Crippen molar-refractivity contribution in [2.24, 2.45) is 0 Å². The second-order valence-electron chi connectivity index (χ2n) is 6.36. The van der Waals surface area contributed by atoms with E-state index in [1.165, 1.54) is 0 Å². The molecular formula is C19H26N4O4. The Morgan fingerprint density at radius 1 is 1.22 bits per heavy atom. The van der Waals surface area contributed by atoms with Gasteiger partial charge in [0, 0.05) is 24.8 Å². The summed E-state index contributed by atoms with van der Waals surface area (Å²) in [6.45, 7) is 2.21. The van der Waals surface area contributed by atoms with E-state index in [2.05, 4.69) is 15.7 Å². The fraction of sp³-hybridized carbons (Fsp3) is 0.474. The summed E-state index contributed by atoms with van der Waals surface area (Å²) in [5, 5.41) is 10.7. The lowest BCUT2D eigenvalue weighted by Crippen LogP contribution is -2.32. The van der Waals surface area contributed by atoms with Crippen LogP contribution in [0.3, 0.4) is 0 Å². The molecule has 1 unspecified atom stereocenters. The smallest absolute Gasteiger partial charge is 0.272 e. The molecule has 0 spiro atoms. The average molecular weight is 374 g/mol. The second kappa shape index (κ2) is 8.77. The van der Waals surface area contributed by atoms with E-state index in [0.717, 1.165) is 31.5 Å². The number of carbonyl (C=O) groups excluding carboxylic acids is 1. The van der Waals surface area contributed by atoms with Crippen molar-refractivity contribution in [3.8, 4) is 17.2 Å². The fourth-order valence-electron chi connectivity index (χ4n) is 3.29. The molecule has 3 rings (SSSR count). The Kier molecular flexibility index (Phi) is 6.18. The quantitative estimate of drug-likeness (QED) is 0.768. The van der Waals surface area contributed by atoms with Crippen LogP contribution in [0.5, 0.6) is 17.2 Å². The second-order valence-corrected chi connectivity index (χ2v) is 6.36. The first-order valence-electron chi connectivity index (χ1n) is 8.99. The number of hydrogen-bond acceptors (Lipinski definition) is 6. The SMILES string of the molecule is COc1ccc(CNC(=O)c2ccn(C3CCCNC3)n2)c(OC)c1OC. The zero-order chi connectivity index (χ0) is 19.2. The summed E-state index contributed by atoms with van der Waals surface area (Å²) in [5.41, 5.74) is 1.19. The molecule has 0 saturated carbocycles. The maximum absolute atomic E-state index is 12.5. The highest BCUT2D eigenvalue weighted by molar-refractivity contribution is 5.92. The van der Waals surface area contributed by atoms with Gasteiger partial charge in [0.15, 0.2) is 11.5 Å². The van der Waals surface area contributed by atoms with Gasteiger partial charge < -0.3 is 24.8 Å².